The number of nitrogens with two attached hydrogens (primary N) is 1. The van der Waals surface area contributed by atoms with Gasteiger partial charge in [0.1, 0.15) is 11.3 Å². The first kappa shape index (κ1) is 11.8. The van der Waals surface area contributed by atoms with Crippen molar-refractivity contribution in [2.24, 2.45) is 5.73 Å². The third kappa shape index (κ3) is 1.93. The normalized spacial score (nSPS) is 16.4. The fourth-order valence-corrected chi connectivity index (χ4v) is 2.68. The van der Waals surface area contributed by atoms with Crippen molar-refractivity contribution in [3.63, 3.8) is 0 Å². The number of furan rings is 1. The minimum Gasteiger partial charge on any atom is -0.459 e. The maximum atomic E-state index is 5.96. The molecule has 0 saturated heterocycles. The zero-order valence-electron chi connectivity index (χ0n) is 10.9. The average Bonchev–Trinajstić information content (AvgIpc) is 2.63. The summed E-state index contributed by atoms with van der Waals surface area (Å²) in [7, 11) is 2.18. The number of rotatable bonds is 4. The van der Waals surface area contributed by atoms with Crippen LogP contribution < -0.4 is 5.73 Å². The van der Waals surface area contributed by atoms with Crippen molar-refractivity contribution in [2.45, 2.75) is 38.4 Å². The van der Waals surface area contributed by atoms with E-state index >= 15 is 0 Å². The van der Waals surface area contributed by atoms with Crippen LogP contribution in [-0.2, 0) is 13.1 Å². The largest absolute Gasteiger partial charge is 0.459 e. The van der Waals surface area contributed by atoms with E-state index in [2.05, 4.69) is 18.0 Å². The number of para-hydroxylation sites is 1. The maximum Gasteiger partial charge on any atom is 0.134 e. The molecule has 96 valence electrons. The minimum atomic E-state index is 0.546. The molecule has 2 N–H and O–H groups in total. The van der Waals surface area contributed by atoms with Gasteiger partial charge in [-0.05, 0) is 26.0 Å². The number of fused-ring (bicyclic) bond motifs is 1. The van der Waals surface area contributed by atoms with Gasteiger partial charge in [-0.25, -0.2) is 0 Å². The molecule has 0 amide bonds. The second kappa shape index (κ2) is 4.75. The average molecular weight is 244 g/mol. The van der Waals surface area contributed by atoms with Crippen LogP contribution in [0.3, 0.4) is 0 Å². The molecule has 0 bridgehead atoms. The van der Waals surface area contributed by atoms with E-state index in [1.807, 2.05) is 18.2 Å². The van der Waals surface area contributed by atoms with Crippen LogP contribution in [0.5, 0.6) is 0 Å². The zero-order valence-corrected chi connectivity index (χ0v) is 10.9. The predicted octanol–water partition coefficient (Wildman–Crippen LogP) is 2.88. The van der Waals surface area contributed by atoms with E-state index in [1.54, 1.807) is 0 Å². The van der Waals surface area contributed by atoms with E-state index in [4.69, 9.17) is 10.2 Å². The lowest BCUT2D eigenvalue weighted by atomic mass is 9.92. The summed E-state index contributed by atoms with van der Waals surface area (Å²) in [6.07, 6.45) is 3.99. The third-order valence-corrected chi connectivity index (χ3v) is 4.08. The van der Waals surface area contributed by atoms with E-state index in [9.17, 15) is 0 Å². The molecule has 1 aromatic heterocycles. The fraction of sp³-hybridized carbons (Fsp3) is 0.467. The summed E-state index contributed by atoms with van der Waals surface area (Å²) in [4.78, 5) is 2.39. The molecule has 1 aliphatic carbocycles. The summed E-state index contributed by atoms with van der Waals surface area (Å²) in [6.45, 7) is 1.41. The van der Waals surface area contributed by atoms with Crippen molar-refractivity contribution in [3.8, 4) is 0 Å². The fourth-order valence-electron chi connectivity index (χ4n) is 2.68. The Morgan fingerprint density at radius 1 is 1.33 bits per heavy atom. The topological polar surface area (TPSA) is 42.4 Å². The first-order valence-corrected chi connectivity index (χ1v) is 6.69. The molecular weight excluding hydrogens is 224 g/mol. The quantitative estimate of drug-likeness (QED) is 0.899. The first-order chi connectivity index (χ1) is 8.79. The Morgan fingerprint density at radius 2 is 2.11 bits per heavy atom. The van der Waals surface area contributed by atoms with E-state index in [-0.39, 0.29) is 0 Å². The Balaban J connectivity index is 1.90. The molecule has 3 heteroatoms. The number of hydrogen-bond donors (Lipinski definition) is 1. The van der Waals surface area contributed by atoms with Crippen LogP contribution in [0.1, 0.15) is 30.6 Å². The molecule has 1 heterocycles. The second-order valence-corrected chi connectivity index (χ2v) is 5.20. The molecule has 0 radical (unpaired) electrons. The van der Waals surface area contributed by atoms with Crippen molar-refractivity contribution < 1.29 is 4.42 Å². The summed E-state index contributed by atoms with van der Waals surface area (Å²) in [5.41, 5.74) is 8.00. The highest BCUT2D eigenvalue weighted by atomic mass is 16.3. The van der Waals surface area contributed by atoms with Gasteiger partial charge in [0.05, 0.1) is 6.54 Å². The highest BCUT2D eigenvalue weighted by Crippen LogP contribution is 2.29. The Bertz CT molecular complexity index is 542. The highest BCUT2D eigenvalue weighted by molar-refractivity contribution is 5.82. The summed E-state index contributed by atoms with van der Waals surface area (Å²) >= 11 is 0. The van der Waals surface area contributed by atoms with Gasteiger partial charge in [-0.3, -0.25) is 4.90 Å². The number of nitrogens with zero attached hydrogens (tertiary/aromatic N) is 1. The smallest absolute Gasteiger partial charge is 0.134 e. The molecule has 0 unspecified atom stereocenters. The molecule has 0 spiro atoms. The molecule has 0 aliphatic heterocycles. The second-order valence-electron chi connectivity index (χ2n) is 5.20. The Hall–Kier alpha value is -1.32. The van der Waals surface area contributed by atoms with Crippen LogP contribution in [0.2, 0.25) is 0 Å². The summed E-state index contributed by atoms with van der Waals surface area (Å²) in [5, 5.41) is 1.16. The molecule has 1 fully saturated rings. The summed E-state index contributed by atoms with van der Waals surface area (Å²) < 4.78 is 5.96. The Labute approximate surface area is 108 Å². The molecule has 1 aliphatic rings. The van der Waals surface area contributed by atoms with Crippen molar-refractivity contribution in [3.05, 3.63) is 35.6 Å². The summed E-state index contributed by atoms with van der Waals surface area (Å²) in [6, 6.07) is 8.88. The standard InChI is InChI=1S/C15H20N2O/c1-17(11-5-4-6-11)10-15-13(9-16)12-7-2-3-8-14(12)18-15/h2-3,7-8,11H,4-6,9-10,16H2,1H3. The van der Waals surface area contributed by atoms with Crippen molar-refractivity contribution in [2.75, 3.05) is 7.05 Å². The van der Waals surface area contributed by atoms with Gasteiger partial charge in [-0.15, -0.1) is 0 Å². The van der Waals surface area contributed by atoms with Crippen molar-refractivity contribution in [1.82, 2.24) is 4.90 Å². The molecule has 18 heavy (non-hydrogen) atoms. The van der Waals surface area contributed by atoms with Crippen molar-refractivity contribution >= 4 is 11.0 Å². The maximum absolute atomic E-state index is 5.96. The van der Waals surface area contributed by atoms with Gasteiger partial charge in [-0.2, -0.15) is 0 Å². The van der Waals surface area contributed by atoms with Crippen LogP contribution in [0.25, 0.3) is 11.0 Å². The molecule has 3 rings (SSSR count). The van der Waals surface area contributed by atoms with Gasteiger partial charge in [0.2, 0.25) is 0 Å². The van der Waals surface area contributed by atoms with E-state index in [0.717, 1.165) is 34.9 Å². The molecule has 3 nitrogen and oxygen atoms in total. The van der Waals surface area contributed by atoms with Crippen LogP contribution in [0.4, 0.5) is 0 Å². The lowest BCUT2D eigenvalue weighted by Gasteiger charge is -2.34. The van der Waals surface area contributed by atoms with Gasteiger partial charge in [0, 0.05) is 23.5 Å². The predicted molar refractivity (Wildman–Crippen MR) is 73.2 cm³/mol. The molecule has 2 aromatic rings. The molecular formula is C15H20N2O. The van der Waals surface area contributed by atoms with E-state index in [0.29, 0.717) is 6.54 Å². The van der Waals surface area contributed by atoms with Crippen LogP contribution >= 0.6 is 0 Å². The van der Waals surface area contributed by atoms with Crippen molar-refractivity contribution in [1.29, 1.82) is 0 Å². The molecule has 1 saturated carbocycles. The summed E-state index contributed by atoms with van der Waals surface area (Å²) in [5.74, 6) is 1.04. The van der Waals surface area contributed by atoms with Gasteiger partial charge >= 0.3 is 0 Å². The minimum absolute atomic E-state index is 0.546. The van der Waals surface area contributed by atoms with E-state index in [1.165, 1.54) is 19.3 Å². The van der Waals surface area contributed by atoms with Crippen LogP contribution in [0.15, 0.2) is 28.7 Å². The highest BCUT2D eigenvalue weighted by Gasteiger charge is 2.24. The van der Waals surface area contributed by atoms with Gasteiger partial charge in [0.25, 0.3) is 0 Å². The zero-order chi connectivity index (χ0) is 12.5. The third-order valence-electron chi connectivity index (χ3n) is 4.08. The van der Waals surface area contributed by atoms with Crippen LogP contribution in [0, 0.1) is 0 Å². The van der Waals surface area contributed by atoms with Gasteiger partial charge < -0.3 is 10.2 Å². The van der Waals surface area contributed by atoms with Gasteiger partial charge in [0.15, 0.2) is 0 Å². The number of hydrogen-bond acceptors (Lipinski definition) is 3. The Morgan fingerprint density at radius 3 is 2.78 bits per heavy atom. The van der Waals surface area contributed by atoms with E-state index < -0.39 is 0 Å². The number of benzene rings is 1. The monoisotopic (exact) mass is 244 g/mol. The molecule has 1 aromatic carbocycles. The Kier molecular flexibility index (Phi) is 3.10. The SMILES string of the molecule is CN(Cc1oc2ccccc2c1CN)C1CCC1. The first-order valence-electron chi connectivity index (χ1n) is 6.69. The van der Waals surface area contributed by atoms with Gasteiger partial charge in [-0.1, -0.05) is 24.6 Å². The lowest BCUT2D eigenvalue weighted by molar-refractivity contribution is 0.143. The van der Waals surface area contributed by atoms with Crippen LogP contribution in [-0.4, -0.2) is 18.0 Å². The molecule has 0 atom stereocenters. The lowest BCUT2D eigenvalue weighted by Crippen LogP contribution is -2.36.